The van der Waals surface area contributed by atoms with Gasteiger partial charge >= 0.3 is 0 Å². The van der Waals surface area contributed by atoms with Crippen LogP contribution in [0.5, 0.6) is 0 Å². The van der Waals surface area contributed by atoms with Crippen molar-refractivity contribution in [1.82, 2.24) is 14.9 Å². The van der Waals surface area contributed by atoms with Crippen LogP contribution in [0.1, 0.15) is 20.8 Å². The van der Waals surface area contributed by atoms with Crippen molar-refractivity contribution < 1.29 is 0 Å². The van der Waals surface area contributed by atoms with Crippen LogP contribution < -0.4 is 5.43 Å². The largest absolute Gasteiger partial charge is 0.318 e. The predicted molar refractivity (Wildman–Crippen MR) is 83.8 cm³/mol. The second-order valence-corrected chi connectivity index (χ2v) is 7.37. The third-order valence-electron chi connectivity index (χ3n) is 3.46. The molecule has 2 aromatic rings. The zero-order valence-corrected chi connectivity index (χ0v) is 13.3. The lowest BCUT2D eigenvalue weighted by molar-refractivity contribution is 0.337. The number of rotatable bonds is 1. The van der Waals surface area contributed by atoms with Gasteiger partial charge in [-0.15, -0.1) is 10.2 Å². The van der Waals surface area contributed by atoms with Crippen LogP contribution in [0.25, 0.3) is 11.4 Å². The molecule has 1 aliphatic rings. The first-order valence-electron chi connectivity index (χ1n) is 6.56. The summed E-state index contributed by atoms with van der Waals surface area (Å²) in [7, 11) is 0. The zero-order chi connectivity index (χ0) is 14.3. The van der Waals surface area contributed by atoms with Crippen LogP contribution in [-0.4, -0.2) is 26.7 Å². The van der Waals surface area contributed by atoms with E-state index in [2.05, 4.69) is 36.4 Å². The van der Waals surface area contributed by atoms with Gasteiger partial charge in [-0.2, -0.15) is 0 Å². The topological polar surface area (TPSA) is 42.7 Å². The van der Waals surface area contributed by atoms with E-state index in [1.807, 2.05) is 28.9 Å². The number of hydrogen-bond donors (Lipinski definition) is 1. The van der Waals surface area contributed by atoms with E-state index < -0.39 is 0 Å². The second kappa shape index (κ2) is 4.97. The molecule has 3 rings (SSSR count). The second-order valence-electron chi connectivity index (χ2n) is 5.98. The minimum Gasteiger partial charge on any atom is -0.318 e. The molecule has 4 nitrogen and oxygen atoms in total. The molecule has 1 aliphatic heterocycles. The third kappa shape index (κ3) is 2.40. The number of hydrogen-bond acceptors (Lipinski definition) is 4. The van der Waals surface area contributed by atoms with Crippen molar-refractivity contribution in [3.63, 3.8) is 0 Å². The minimum atomic E-state index is 0.173. The molecular weight excluding hydrogens is 292 g/mol. The van der Waals surface area contributed by atoms with E-state index in [-0.39, 0.29) is 5.41 Å². The van der Waals surface area contributed by atoms with Crippen LogP contribution in [0.3, 0.4) is 0 Å². The maximum absolute atomic E-state index is 6.27. The lowest BCUT2D eigenvalue weighted by atomic mass is 9.88. The van der Waals surface area contributed by atoms with Gasteiger partial charge in [-0.3, -0.25) is 0 Å². The van der Waals surface area contributed by atoms with Gasteiger partial charge in [0.25, 0.3) is 0 Å². The lowest BCUT2D eigenvalue weighted by Gasteiger charge is -2.35. The molecule has 0 bridgehead atoms. The first kappa shape index (κ1) is 13.8. The first-order chi connectivity index (χ1) is 9.47. The van der Waals surface area contributed by atoms with Crippen LogP contribution in [0.4, 0.5) is 0 Å². The van der Waals surface area contributed by atoms with Crippen molar-refractivity contribution in [1.29, 1.82) is 0 Å². The summed E-state index contributed by atoms with van der Waals surface area (Å²) in [6.07, 6.45) is 0. The van der Waals surface area contributed by atoms with Crippen LogP contribution >= 0.6 is 23.4 Å². The van der Waals surface area contributed by atoms with Crippen molar-refractivity contribution in [2.75, 3.05) is 11.2 Å². The molecule has 0 aliphatic carbocycles. The fourth-order valence-corrected chi connectivity index (χ4v) is 3.57. The Morgan fingerprint density at radius 3 is 2.75 bits per heavy atom. The number of thioether (sulfide) groups is 1. The molecule has 20 heavy (non-hydrogen) atoms. The van der Waals surface area contributed by atoms with E-state index in [0.717, 1.165) is 22.3 Å². The van der Waals surface area contributed by atoms with E-state index in [4.69, 9.17) is 11.6 Å². The molecule has 0 fully saturated rings. The molecule has 0 saturated heterocycles. The first-order valence-corrected chi connectivity index (χ1v) is 7.93. The van der Waals surface area contributed by atoms with Gasteiger partial charge < -0.3 is 5.43 Å². The SMILES string of the molecule is CC(C)(C)C1CSc2nnc(-c3ccccc3Cl)n2N1. The van der Waals surface area contributed by atoms with E-state index in [1.165, 1.54) is 0 Å². The molecule has 1 atom stereocenters. The van der Waals surface area contributed by atoms with Crippen molar-refractivity contribution in [2.24, 2.45) is 5.41 Å². The highest BCUT2D eigenvalue weighted by Gasteiger charge is 2.31. The monoisotopic (exact) mass is 308 g/mol. The molecule has 0 spiro atoms. The van der Waals surface area contributed by atoms with Crippen molar-refractivity contribution >= 4 is 23.4 Å². The quantitative estimate of drug-likeness (QED) is 0.873. The Hall–Kier alpha value is -1.20. The molecule has 0 amide bonds. The normalized spacial score (nSPS) is 18.5. The minimum absolute atomic E-state index is 0.173. The van der Waals surface area contributed by atoms with Crippen molar-refractivity contribution in [3.05, 3.63) is 29.3 Å². The molecule has 1 N–H and O–H groups in total. The average molecular weight is 309 g/mol. The third-order valence-corrected chi connectivity index (χ3v) is 4.81. The number of fused-ring (bicyclic) bond motifs is 1. The van der Waals surface area contributed by atoms with Crippen LogP contribution in [-0.2, 0) is 0 Å². The summed E-state index contributed by atoms with van der Waals surface area (Å²) in [4.78, 5) is 0. The number of halogens is 1. The fraction of sp³-hybridized carbons (Fsp3) is 0.429. The van der Waals surface area contributed by atoms with E-state index in [1.54, 1.807) is 11.8 Å². The standard InChI is InChI=1S/C14H17ClN4S/c1-14(2,3)11-8-20-13-17-16-12(19(13)18-11)9-6-4-5-7-10(9)15/h4-7,11,18H,8H2,1-3H3. The molecule has 1 unspecified atom stereocenters. The molecule has 6 heteroatoms. The average Bonchev–Trinajstić information content (AvgIpc) is 2.81. The van der Waals surface area contributed by atoms with Crippen LogP contribution in [0, 0.1) is 5.41 Å². The van der Waals surface area contributed by atoms with Gasteiger partial charge in [0.15, 0.2) is 5.82 Å². The van der Waals surface area contributed by atoms with Crippen LogP contribution in [0.15, 0.2) is 29.4 Å². The lowest BCUT2D eigenvalue weighted by Crippen LogP contribution is -2.43. The fourth-order valence-electron chi connectivity index (χ4n) is 2.09. The molecule has 0 radical (unpaired) electrons. The van der Waals surface area contributed by atoms with E-state index in [9.17, 15) is 0 Å². The summed E-state index contributed by atoms with van der Waals surface area (Å²) in [5.74, 6) is 1.76. The molecule has 106 valence electrons. The molecule has 1 aromatic carbocycles. The Balaban J connectivity index is 2.02. The molecule has 0 saturated carbocycles. The Bertz CT molecular complexity index is 632. The van der Waals surface area contributed by atoms with Gasteiger partial charge in [0, 0.05) is 11.3 Å². The van der Waals surface area contributed by atoms with E-state index in [0.29, 0.717) is 11.1 Å². The molecule has 1 aromatic heterocycles. The Kier molecular flexibility index (Phi) is 3.42. The summed E-state index contributed by atoms with van der Waals surface area (Å²) < 4.78 is 1.96. The Morgan fingerprint density at radius 2 is 2.05 bits per heavy atom. The number of aromatic nitrogens is 3. The van der Waals surface area contributed by atoms with Gasteiger partial charge in [0.05, 0.1) is 11.1 Å². The van der Waals surface area contributed by atoms with Gasteiger partial charge in [0.1, 0.15) is 0 Å². The smallest absolute Gasteiger partial charge is 0.210 e. The van der Waals surface area contributed by atoms with Crippen molar-refractivity contribution in [3.8, 4) is 11.4 Å². The summed E-state index contributed by atoms with van der Waals surface area (Å²) in [6.45, 7) is 6.70. The van der Waals surface area contributed by atoms with Gasteiger partial charge in [-0.1, -0.05) is 56.3 Å². The highest BCUT2D eigenvalue weighted by Crippen LogP contribution is 2.34. The summed E-state index contributed by atoms with van der Waals surface area (Å²) in [5.41, 5.74) is 4.60. The number of benzene rings is 1. The summed E-state index contributed by atoms with van der Waals surface area (Å²) in [6, 6.07) is 8.07. The maximum Gasteiger partial charge on any atom is 0.210 e. The Morgan fingerprint density at radius 1 is 1.30 bits per heavy atom. The molecular formula is C14H17ClN4S. The summed E-state index contributed by atoms with van der Waals surface area (Å²) >= 11 is 8.00. The number of nitrogens with zero attached hydrogens (tertiary/aromatic N) is 3. The maximum atomic E-state index is 6.27. The van der Waals surface area contributed by atoms with Gasteiger partial charge in [0.2, 0.25) is 5.16 Å². The zero-order valence-electron chi connectivity index (χ0n) is 11.7. The summed E-state index contributed by atoms with van der Waals surface area (Å²) in [5, 5.41) is 10.1. The predicted octanol–water partition coefficient (Wildman–Crippen LogP) is 3.66. The van der Waals surface area contributed by atoms with Crippen LogP contribution in [0.2, 0.25) is 5.02 Å². The van der Waals surface area contributed by atoms with Gasteiger partial charge in [-0.25, -0.2) is 4.68 Å². The highest BCUT2D eigenvalue weighted by molar-refractivity contribution is 7.99. The molecule has 2 heterocycles. The Labute approximate surface area is 127 Å². The van der Waals surface area contributed by atoms with Crippen molar-refractivity contribution in [2.45, 2.75) is 32.0 Å². The number of nitrogens with one attached hydrogen (secondary N) is 1. The van der Waals surface area contributed by atoms with Gasteiger partial charge in [-0.05, 0) is 17.5 Å². The van der Waals surface area contributed by atoms with E-state index >= 15 is 0 Å². The highest BCUT2D eigenvalue weighted by atomic mass is 35.5.